The van der Waals surface area contributed by atoms with Crippen molar-refractivity contribution in [1.29, 1.82) is 0 Å². The van der Waals surface area contributed by atoms with Crippen molar-refractivity contribution >= 4 is 18.0 Å². The highest BCUT2D eigenvalue weighted by Gasteiger charge is 2.43. The van der Waals surface area contributed by atoms with E-state index >= 15 is 0 Å². The van der Waals surface area contributed by atoms with Gasteiger partial charge in [0.05, 0.1) is 12.2 Å². The fourth-order valence-electron chi connectivity index (χ4n) is 2.92. The molecule has 1 aliphatic rings. The van der Waals surface area contributed by atoms with E-state index in [0.717, 1.165) is 16.7 Å². The topological polar surface area (TPSA) is 131 Å². The number of hydrogen-bond donors (Lipinski definition) is 4. The van der Waals surface area contributed by atoms with Crippen LogP contribution in [-0.2, 0) is 10.9 Å². The van der Waals surface area contributed by atoms with E-state index in [9.17, 15) is 28.2 Å². The number of aliphatic hydroxyl groups excluding tert-OH is 3. The van der Waals surface area contributed by atoms with Gasteiger partial charge in [-0.15, -0.1) is 0 Å². The zero-order valence-corrected chi connectivity index (χ0v) is 14.8. The first-order valence-electron chi connectivity index (χ1n) is 8.48. The number of aliphatic hydroxyl groups is 3. The number of hydrogen-bond acceptors (Lipinski definition) is 7. The molecule has 0 amide bonds. The quantitative estimate of drug-likeness (QED) is 0.578. The smallest absolute Gasteiger partial charge is 0.394 e. The molecule has 4 atom stereocenters. The Hall–Kier alpha value is -2.73. The van der Waals surface area contributed by atoms with Crippen LogP contribution in [0.2, 0.25) is 0 Å². The Balaban J connectivity index is 1.93. The lowest BCUT2D eigenvalue weighted by Gasteiger charge is -2.18. The summed E-state index contributed by atoms with van der Waals surface area (Å²) >= 11 is 0. The van der Waals surface area contributed by atoms with Crippen LogP contribution in [0.1, 0.15) is 22.9 Å². The van der Waals surface area contributed by atoms with E-state index < -0.39 is 48.6 Å². The third-order valence-electron chi connectivity index (χ3n) is 4.47. The zero-order valence-electron chi connectivity index (χ0n) is 14.8. The van der Waals surface area contributed by atoms with Crippen LogP contribution < -0.4 is 11.4 Å². The van der Waals surface area contributed by atoms with E-state index in [-0.39, 0.29) is 16.9 Å². The van der Waals surface area contributed by atoms with Gasteiger partial charge in [0, 0.05) is 11.8 Å². The van der Waals surface area contributed by atoms with Gasteiger partial charge in [-0.2, -0.15) is 18.2 Å². The molecule has 156 valence electrons. The molecule has 1 saturated heterocycles. The van der Waals surface area contributed by atoms with Crippen LogP contribution in [0.15, 0.2) is 35.3 Å². The van der Waals surface area contributed by atoms with Crippen molar-refractivity contribution in [2.45, 2.75) is 30.7 Å². The third kappa shape index (κ3) is 4.32. The maximum atomic E-state index is 12.8. The molecule has 5 N–H and O–H groups in total. The number of nitrogens with two attached hydrogens (primary N) is 1. The zero-order chi connectivity index (χ0) is 21.3. The van der Waals surface area contributed by atoms with Crippen molar-refractivity contribution in [3.8, 4) is 0 Å². The van der Waals surface area contributed by atoms with Crippen LogP contribution in [0, 0.1) is 0 Å². The SMILES string of the molecule is Nc1nc(=O)n(C2O[C@H](CO)[C@@H](O)[C@H]2O)cc1/C=C/c1cccc(C(F)(F)F)c1. The molecule has 0 saturated carbocycles. The number of nitrogen functional groups attached to an aromatic ring is 1. The molecule has 1 aromatic carbocycles. The lowest BCUT2D eigenvalue weighted by Crippen LogP contribution is -2.36. The van der Waals surface area contributed by atoms with E-state index in [1.54, 1.807) is 0 Å². The highest BCUT2D eigenvalue weighted by Crippen LogP contribution is 2.30. The Kier molecular flexibility index (Phi) is 5.75. The molecule has 2 aromatic rings. The van der Waals surface area contributed by atoms with Crippen LogP contribution in [-0.4, -0.2) is 49.8 Å². The molecule has 1 unspecified atom stereocenters. The molecular weight excluding hydrogens is 395 g/mol. The van der Waals surface area contributed by atoms with Gasteiger partial charge >= 0.3 is 11.9 Å². The Bertz CT molecular complexity index is 976. The molecule has 1 aromatic heterocycles. The third-order valence-corrected chi connectivity index (χ3v) is 4.47. The average Bonchev–Trinajstić information content (AvgIpc) is 2.95. The lowest BCUT2D eigenvalue weighted by molar-refractivity contribution is -0.137. The maximum Gasteiger partial charge on any atom is 0.416 e. The molecular formula is C18H18F3N3O5. The normalized spacial score (nSPS) is 25.0. The summed E-state index contributed by atoms with van der Waals surface area (Å²) in [6, 6.07) is 4.60. The molecule has 3 rings (SSSR count). The Morgan fingerprint density at radius 2 is 1.97 bits per heavy atom. The second-order valence-electron chi connectivity index (χ2n) is 6.46. The highest BCUT2D eigenvalue weighted by atomic mass is 19.4. The summed E-state index contributed by atoms with van der Waals surface area (Å²) in [5, 5.41) is 29.1. The molecule has 1 aliphatic heterocycles. The number of benzene rings is 1. The number of alkyl halides is 3. The van der Waals surface area contributed by atoms with Gasteiger partial charge in [-0.25, -0.2) is 4.79 Å². The average molecular weight is 413 g/mol. The molecule has 0 radical (unpaired) electrons. The van der Waals surface area contributed by atoms with Gasteiger partial charge in [0.25, 0.3) is 0 Å². The van der Waals surface area contributed by atoms with Gasteiger partial charge in [-0.3, -0.25) is 4.57 Å². The number of halogens is 3. The van der Waals surface area contributed by atoms with Crippen molar-refractivity contribution in [2.75, 3.05) is 12.3 Å². The molecule has 8 nitrogen and oxygen atoms in total. The fourth-order valence-corrected chi connectivity index (χ4v) is 2.92. The number of rotatable bonds is 4. The molecule has 0 spiro atoms. The van der Waals surface area contributed by atoms with Crippen LogP contribution in [0.5, 0.6) is 0 Å². The summed E-state index contributed by atoms with van der Waals surface area (Å²) < 4.78 is 44.7. The highest BCUT2D eigenvalue weighted by molar-refractivity contribution is 5.73. The van der Waals surface area contributed by atoms with Crippen molar-refractivity contribution < 1.29 is 33.2 Å². The Morgan fingerprint density at radius 3 is 2.59 bits per heavy atom. The molecule has 0 bridgehead atoms. The molecule has 1 fully saturated rings. The van der Waals surface area contributed by atoms with Crippen LogP contribution in [0.4, 0.5) is 19.0 Å². The van der Waals surface area contributed by atoms with Crippen molar-refractivity contribution in [1.82, 2.24) is 9.55 Å². The Morgan fingerprint density at radius 1 is 1.24 bits per heavy atom. The Labute approximate surface area is 162 Å². The lowest BCUT2D eigenvalue weighted by atomic mass is 10.1. The van der Waals surface area contributed by atoms with Crippen molar-refractivity contribution in [3.63, 3.8) is 0 Å². The summed E-state index contributed by atoms with van der Waals surface area (Å²) in [4.78, 5) is 15.8. The summed E-state index contributed by atoms with van der Waals surface area (Å²) in [5.74, 6) is -0.179. The van der Waals surface area contributed by atoms with Crippen LogP contribution in [0.3, 0.4) is 0 Å². The van der Waals surface area contributed by atoms with E-state index in [0.29, 0.717) is 0 Å². The molecule has 0 aliphatic carbocycles. The van der Waals surface area contributed by atoms with Gasteiger partial charge in [0.1, 0.15) is 24.1 Å². The maximum absolute atomic E-state index is 12.8. The standard InChI is InChI=1S/C18H18F3N3O5/c19-18(20,21)11-3-1-2-9(6-11)4-5-10-7-24(17(28)23-15(10)22)16-14(27)13(26)12(8-25)29-16/h1-7,12-14,16,25-27H,8H2,(H2,22,23,28)/b5-4+/t12-,13-,14-,16?/m1/s1. The first-order valence-corrected chi connectivity index (χ1v) is 8.48. The predicted octanol–water partition coefficient (Wildman–Crippen LogP) is 0.626. The van der Waals surface area contributed by atoms with Gasteiger partial charge in [0.2, 0.25) is 0 Å². The van der Waals surface area contributed by atoms with Crippen LogP contribution in [0.25, 0.3) is 12.2 Å². The number of ether oxygens (including phenoxy) is 1. The second kappa shape index (κ2) is 7.95. The molecule has 29 heavy (non-hydrogen) atoms. The van der Waals surface area contributed by atoms with E-state index in [4.69, 9.17) is 15.6 Å². The second-order valence-corrected chi connectivity index (χ2v) is 6.46. The fraction of sp³-hybridized carbons (Fsp3) is 0.333. The van der Waals surface area contributed by atoms with E-state index in [2.05, 4.69) is 4.98 Å². The minimum Gasteiger partial charge on any atom is -0.394 e. The first-order chi connectivity index (χ1) is 13.6. The number of anilines is 1. The summed E-state index contributed by atoms with van der Waals surface area (Å²) in [7, 11) is 0. The monoisotopic (exact) mass is 413 g/mol. The molecule has 11 heteroatoms. The first kappa shape index (κ1) is 21.0. The number of nitrogens with zero attached hydrogens (tertiary/aromatic N) is 2. The summed E-state index contributed by atoms with van der Waals surface area (Å²) in [5.41, 5.74) is 4.46. The van der Waals surface area contributed by atoms with Crippen molar-refractivity contribution in [2.24, 2.45) is 0 Å². The summed E-state index contributed by atoms with van der Waals surface area (Å²) in [6.07, 6.45) is -5.91. The van der Waals surface area contributed by atoms with Gasteiger partial charge in [-0.1, -0.05) is 18.2 Å². The predicted molar refractivity (Wildman–Crippen MR) is 96.3 cm³/mol. The van der Waals surface area contributed by atoms with Gasteiger partial charge in [-0.05, 0) is 23.8 Å². The number of aromatic nitrogens is 2. The van der Waals surface area contributed by atoms with E-state index in [1.165, 1.54) is 30.5 Å². The minimum atomic E-state index is -4.49. The van der Waals surface area contributed by atoms with Crippen molar-refractivity contribution in [3.05, 3.63) is 57.6 Å². The van der Waals surface area contributed by atoms with E-state index in [1.807, 2.05) is 0 Å². The minimum absolute atomic E-state index is 0.179. The van der Waals surface area contributed by atoms with Gasteiger partial charge < -0.3 is 25.8 Å². The van der Waals surface area contributed by atoms with Crippen LogP contribution >= 0.6 is 0 Å². The van der Waals surface area contributed by atoms with Gasteiger partial charge in [0.15, 0.2) is 6.23 Å². The summed E-state index contributed by atoms with van der Waals surface area (Å²) in [6.45, 7) is -0.575. The largest absolute Gasteiger partial charge is 0.416 e. The molecule has 2 heterocycles.